The van der Waals surface area contributed by atoms with Gasteiger partial charge in [-0.2, -0.15) is 13.2 Å². The molecular weight excluding hydrogens is 552 g/mol. The maximum atomic E-state index is 12.8. The first-order chi connectivity index (χ1) is 17.5. The first kappa shape index (κ1) is 28.4. The molecule has 0 unspecified atom stereocenters. The lowest BCUT2D eigenvalue weighted by Crippen LogP contribution is -2.22. The van der Waals surface area contributed by atoms with Gasteiger partial charge in [0.1, 0.15) is 0 Å². The third-order valence-corrected chi connectivity index (χ3v) is 6.27. The molecule has 2 amide bonds. The standard InChI is InChI=1S/C25H19Cl2F3N2O4S/c26-16-2-6-18(7-3-16)37-19-8-4-17(5-9-19)31-22(33)11-12-24(35)36-14-23(34)32-21-13-15(25(28,29)30)1-10-20(21)27/h1-10,13H,11-12,14H2,(H,31,33)(H,32,34). The summed E-state index contributed by atoms with van der Waals surface area (Å²) in [5, 5.41) is 5.36. The van der Waals surface area contributed by atoms with Crippen LogP contribution in [0.25, 0.3) is 0 Å². The zero-order chi connectivity index (χ0) is 27.0. The molecule has 37 heavy (non-hydrogen) atoms. The maximum absolute atomic E-state index is 12.8. The molecule has 0 bridgehead atoms. The van der Waals surface area contributed by atoms with E-state index in [9.17, 15) is 27.6 Å². The van der Waals surface area contributed by atoms with Crippen LogP contribution in [0.15, 0.2) is 76.5 Å². The van der Waals surface area contributed by atoms with E-state index >= 15 is 0 Å². The minimum absolute atomic E-state index is 0.110. The number of benzene rings is 3. The Kier molecular flexibility index (Phi) is 9.85. The van der Waals surface area contributed by atoms with Crippen molar-refractivity contribution in [1.29, 1.82) is 0 Å². The van der Waals surface area contributed by atoms with E-state index in [1.807, 2.05) is 24.3 Å². The summed E-state index contributed by atoms with van der Waals surface area (Å²) in [5.74, 6) is -2.14. The zero-order valence-electron chi connectivity index (χ0n) is 18.9. The van der Waals surface area contributed by atoms with Gasteiger partial charge < -0.3 is 15.4 Å². The monoisotopic (exact) mass is 570 g/mol. The van der Waals surface area contributed by atoms with Crippen LogP contribution in [0.4, 0.5) is 24.5 Å². The van der Waals surface area contributed by atoms with Gasteiger partial charge in [-0.15, -0.1) is 0 Å². The van der Waals surface area contributed by atoms with Gasteiger partial charge in [0.2, 0.25) is 5.91 Å². The third-order valence-electron chi connectivity index (χ3n) is 4.68. The highest BCUT2D eigenvalue weighted by Gasteiger charge is 2.31. The van der Waals surface area contributed by atoms with Crippen LogP contribution in [0, 0.1) is 0 Å². The fraction of sp³-hybridized carbons (Fsp3) is 0.160. The van der Waals surface area contributed by atoms with Crippen molar-refractivity contribution in [3.05, 3.63) is 82.3 Å². The van der Waals surface area contributed by atoms with Crippen molar-refractivity contribution >= 4 is 64.1 Å². The van der Waals surface area contributed by atoms with E-state index in [1.54, 1.807) is 24.3 Å². The highest BCUT2D eigenvalue weighted by Crippen LogP contribution is 2.34. The second-order valence-electron chi connectivity index (χ2n) is 7.53. The zero-order valence-corrected chi connectivity index (χ0v) is 21.2. The van der Waals surface area contributed by atoms with Gasteiger partial charge in [0.25, 0.3) is 5.91 Å². The Balaban J connectivity index is 1.40. The highest BCUT2D eigenvalue weighted by molar-refractivity contribution is 7.99. The van der Waals surface area contributed by atoms with Gasteiger partial charge in [0.15, 0.2) is 6.61 Å². The molecule has 0 aromatic heterocycles. The number of ether oxygens (including phenoxy) is 1. The molecule has 0 fully saturated rings. The number of rotatable bonds is 9. The Morgan fingerprint density at radius 2 is 1.43 bits per heavy atom. The summed E-state index contributed by atoms with van der Waals surface area (Å²) in [6.45, 7) is -0.750. The molecule has 0 saturated carbocycles. The Labute approximate surface area is 224 Å². The SMILES string of the molecule is O=C(CCC(=O)OCC(=O)Nc1cc(C(F)(F)F)ccc1Cl)Nc1ccc(Sc2ccc(Cl)cc2)cc1. The molecule has 3 aromatic rings. The summed E-state index contributed by atoms with van der Waals surface area (Å²) in [5.41, 5.74) is -0.726. The number of amides is 2. The average molecular weight is 571 g/mol. The van der Waals surface area contributed by atoms with Crippen molar-refractivity contribution in [3.8, 4) is 0 Å². The third kappa shape index (κ3) is 9.31. The van der Waals surface area contributed by atoms with Crippen molar-refractivity contribution < 1.29 is 32.3 Å². The summed E-state index contributed by atoms with van der Waals surface area (Å²) < 4.78 is 43.3. The minimum atomic E-state index is -4.62. The number of carbonyl (C=O) groups is 3. The van der Waals surface area contributed by atoms with Gasteiger partial charge in [-0.05, 0) is 66.7 Å². The van der Waals surface area contributed by atoms with E-state index in [0.717, 1.165) is 21.9 Å². The fourth-order valence-corrected chi connectivity index (χ4v) is 3.99. The molecule has 0 aliphatic rings. The predicted molar refractivity (Wildman–Crippen MR) is 136 cm³/mol. The van der Waals surface area contributed by atoms with Crippen LogP contribution in [-0.4, -0.2) is 24.4 Å². The van der Waals surface area contributed by atoms with Crippen LogP contribution in [0.5, 0.6) is 0 Å². The Hall–Kier alpha value is -3.21. The lowest BCUT2D eigenvalue weighted by atomic mass is 10.2. The molecule has 0 radical (unpaired) electrons. The molecule has 3 aromatic carbocycles. The van der Waals surface area contributed by atoms with E-state index in [1.165, 1.54) is 11.8 Å². The van der Waals surface area contributed by atoms with Crippen LogP contribution in [0.2, 0.25) is 10.0 Å². The number of anilines is 2. The van der Waals surface area contributed by atoms with Crippen LogP contribution in [0.3, 0.4) is 0 Å². The van der Waals surface area contributed by atoms with Gasteiger partial charge in [-0.3, -0.25) is 14.4 Å². The molecule has 0 spiro atoms. The van der Waals surface area contributed by atoms with Crippen molar-refractivity contribution in [2.24, 2.45) is 0 Å². The van der Waals surface area contributed by atoms with Crippen LogP contribution < -0.4 is 10.6 Å². The van der Waals surface area contributed by atoms with Gasteiger partial charge in [0, 0.05) is 26.9 Å². The highest BCUT2D eigenvalue weighted by atomic mass is 35.5. The molecule has 12 heteroatoms. The number of carbonyl (C=O) groups excluding carboxylic acids is 3. The molecule has 0 saturated heterocycles. The van der Waals surface area contributed by atoms with E-state index in [2.05, 4.69) is 10.6 Å². The average Bonchev–Trinajstić information content (AvgIpc) is 2.85. The van der Waals surface area contributed by atoms with Crippen molar-refractivity contribution in [2.75, 3.05) is 17.2 Å². The summed E-state index contributed by atoms with van der Waals surface area (Å²) in [6.07, 6.45) is -5.11. The van der Waals surface area contributed by atoms with Gasteiger partial charge in [-0.1, -0.05) is 35.0 Å². The molecule has 0 aliphatic heterocycles. The number of hydrogen-bond acceptors (Lipinski definition) is 5. The molecule has 194 valence electrons. The first-order valence-electron chi connectivity index (χ1n) is 10.6. The summed E-state index contributed by atoms with van der Waals surface area (Å²) in [4.78, 5) is 37.9. The van der Waals surface area contributed by atoms with Crippen LogP contribution in [0.1, 0.15) is 18.4 Å². The second-order valence-corrected chi connectivity index (χ2v) is 9.52. The minimum Gasteiger partial charge on any atom is -0.456 e. The van der Waals surface area contributed by atoms with Gasteiger partial charge >= 0.3 is 12.1 Å². The number of esters is 1. The maximum Gasteiger partial charge on any atom is 0.416 e. The summed E-state index contributed by atoms with van der Waals surface area (Å²) in [6, 6.07) is 16.9. The van der Waals surface area contributed by atoms with Crippen LogP contribution in [-0.2, 0) is 25.3 Å². The van der Waals surface area contributed by atoms with E-state index in [0.29, 0.717) is 16.8 Å². The summed E-state index contributed by atoms with van der Waals surface area (Å²) >= 11 is 13.2. The van der Waals surface area contributed by atoms with E-state index in [4.69, 9.17) is 27.9 Å². The van der Waals surface area contributed by atoms with E-state index in [-0.39, 0.29) is 23.6 Å². The molecule has 2 N–H and O–H groups in total. The Bertz CT molecular complexity index is 1270. The lowest BCUT2D eigenvalue weighted by Gasteiger charge is -2.12. The molecular formula is C25H19Cl2F3N2O4S. The topological polar surface area (TPSA) is 84.5 Å². The first-order valence-corrected chi connectivity index (χ1v) is 12.2. The quantitative estimate of drug-likeness (QED) is 0.269. The molecule has 0 atom stereocenters. The largest absolute Gasteiger partial charge is 0.456 e. The summed E-state index contributed by atoms with van der Waals surface area (Å²) in [7, 11) is 0. The van der Waals surface area contributed by atoms with Crippen molar-refractivity contribution in [2.45, 2.75) is 28.8 Å². The van der Waals surface area contributed by atoms with Crippen molar-refractivity contribution in [1.82, 2.24) is 0 Å². The molecule has 0 aliphatic carbocycles. The van der Waals surface area contributed by atoms with E-state index < -0.39 is 36.1 Å². The number of hydrogen-bond donors (Lipinski definition) is 2. The lowest BCUT2D eigenvalue weighted by molar-refractivity contribution is -0.147. The molecule has 6 nitrogen and oxygen atoms in total. The molecule has 0 heterocycles. The van der Waals surface area contributed by atoms with Crippen LogP contribution >= 0.6 is 35.0 Å². The second kappa shape index (κ2) is 12.8. The Morgan fingerprint density at radius 1 is 0.811 bits per heavy atom. The molecule has 3 rings (SSSR count). The van der Waals surface area contributed by atoms with Gasteiger partial charge in [0.05, 0.1) is 22.7 Å². The predicted octanol–water partition coefficient (Wildman–Crippen LogP) is 7.06. The normalized spacial score (nSPS) is 11.1. The number of halogens is 5. The number of alkyl halides is 3. The number of nitrogens with one attached hydrogen (secondary N) is 2. The Morgan fingerprint density at radius 3 is 2.05 bits per heavy atom. The smallest absolute Gasteiger partial charge is 0.416 e. The van der Waals surface area contributed by atoms with Gasteiger partial charge in [-0.25, -0.2) is 0 Å². The van der Waals surface area contributed by atoms with Crippen molar-refractivity contribution in [3.63, 3.8) is 0 Å². The fourth-order valence-electron chi connectivity index (χ4n) is 2.89.